The van der Waals surface area contributed by atoms with Crippen molar-refractivity contribution in [3.8, 4) is 0 Å². The van der Waals surface area contributed by atoms with Crippen LogP contribution in [0.1, 0.15) is 85.0 Å². The molecule has 7 atom stereocenters. The molecule has 30 heavy (non-hydrogen) atoms. The van der Waals surface area contributed by atoms with Gasteiger partial charge in [0.15, 0.2) is 0 Å². The van der Waals surface area contributed by atoms with Crippen molar-refractivity contribution in [2.45, 2.75) is 103 Å². The van der Waals surface area contributed by atoms with Gasteiger partial charge in [-0.3, -0.25) is 0 Å². The molecule has 4 heteroatoms. The quantitative estimate of drug-likeness (QED) is 0.487. The highest BCUT2D eigenvalue weighted by molar-refractivity contribution is 7.59. The predicted octanol–water partition coefficient (Wildman–Crippen LogP) is 5.43. The molecule has 0 spiro atoms. The lowest BCUT2D eigenvalue weighted by molar-refractivity contribution is 0.0907. The Morgan fingerprint density at radius 2 is 1.77 bits per heavy atom. The average molecular weight is 437 g/mol. The maximum atomic E-state index is 10.1. The molecule has 172 valence electrons. The summed E-state index contributed by atoms with van der Waals surface area (Å²) in [5.41, 5.74) is 3.67. The first-order valence-corrected chi connectivity index (χ1v) is 11.8. The molecule has 3 aliphatic rings. The van der Waals surface area contributed by atoms with Crippen molar-refractivity contribution < 1.29 is 15.3 Å². The van der Waals surface area contributed by atoms with Crippen LogP contribution in [0.3, 0.4) is 0 Å². The van der Waals surface area contributed by atoms with Crippen LogP contribution in [0.4, 0.5) is 0 Å². The van der Waals surface area contributed by atoms with E-state index in [-0.39, 0.29) is 19.6 Å². The highest BCUT2D eigenvalue weighted by Gasteiger charge is 2.50. The molecule has 0 heterocycles. The molecule has 0 bridgehead atoms. The lowest BCUT2D eigenvalue weighted by atomic mass is 9.60. The second kappa shape index (κ2) is 10.8. The summed E-state index contributed by atoms with van der Waals surface area (Å²) in [6.07, 6.45) is 14.0. The van der Waals surface area contributed by atoms with Gasteiger partial charge in [-0.1, -0.05) is 56.6 Å². The second-order valence-electron chi connectivity index (χ2n) is 10.4. The van der Waals surface area contributed by atoms with Crippen LogP contribution in [0.2, 0.25) is 0 Å². The van der Waals surface area contributed by atoms with E-state index in [4.69, 9.17) is 0 Å². The summed E-state index contributed by atoms with van der Waals surface area (Å²) in [5.74, 6) is 2.17. The summed E-state index contributed by atoms with van der Waals surface area (Å²) in [5, 5.41) is 29.8. The zero-order valence-corrected chi connectivity index (χ0v) is 20.2. The van der Waals surface area contributed by atoms with E-state index < -0.39 is 12.2 Å². The van der Waals surface area contributed by atoms with E-state index in [9.17, 15) is 15.3 Å². The summed E-state index contributed by atoms with van der Waals surface area (Å²) < 4.78 is 0. The maximum absolute atomic E-state index is 10.1. The minimum absolute atomic E-state index is 0. The Kier molecular flexibility index (Phi) is 9.30. The largest absolute Gasteiger partial charge is 0.393 e. The number of aliphatic hydroxyl groups is 3. The number of allylic oxidation sites excluding steroid dienone is 3. The van der Waals surface area contributed by atoms with Crippen molar-refractivity contribution in [3.05, 3.63) is 35.5 Å². The average Bonchev–Trinajstić information content (AvgIpc) is 3.01. The molecule has 0 aromatic carbocycles. The van der Waals surface area contributed by atoms with Gasteiger partial charge in [-0.05, 0) is 87.0 Å². The van der Waals surface area contributed by atoms with Gasteiger partial charge in [-0.15, -0.1) is 0 Å². The Bertz CT molecular complexity index is 637. The Labute approximate surface area is 190 Å². The van der Waals surface area contributed by atoms with Gasteiger partial charge in [0.2, 0.25) is 0 Å². The van der Waals surface area contributed by atoms with Gasteiger partial charge in [0, 0.05) is 0 Å². The molecule has 3 aliphatic carbocycles. The summed E-state index contributed by atoms with van der Waals surface area (Å²) in [6, 6.07) is 0. The minimum Gasteiger partial charge on any atom is -0.393 e. The Balaban J connectivity index is 0.00000320. The molecule has 0 aromatic rings. The molecule has 3 rings (SSSR count). The van der Waals surface area contributed by atoms with Crippen LogP contribution in [0, 0.1) is 23.2 Å². The van der Waals surface area contributed by atoms with Crippen molar-refractivity contribution >= 4 is 13.5 Å². The summed E-state index contributed by atoms with van der Waals surface area (Å²) in [6.45, 7) is 10.7. The van der Waals surface area contributed by atoms with E-state index in [1.807, 2.05) is 6.92 Å². The van der Waals surface area contributed by atoms with E-state index >= 15 is 0 Å². The van der Waals surface area contributed by atoms with Crippen LogP contribution in [0.5, 0.6) is 0 Å². The summed E-state index contributed by atoms with van der Waals surface area (Å²) in [7, 11) is 0. The minimum atomic E-state index is -0.613. The third-order valence-corrected chi connectivity index (χ3v) is 8.31. The van der Waals surface area contributed by atoms with E-state index in [1.54, 1.807) is 5.57 Å². The van der Waals surface area contributed by atoms with E-state index in [2.05, 4.69) is 32.6 Å². The lowest BCUT2D eigenvalue weighted by Crippen LogP contribution is -2.36. The Morgan fingerprint density at radius 3 is 2.40 bits per heavy atom. The maximum Gasteiger partial charge on any atom is 0.0809 e. The van der Waals surface area contributed by atoms with Gasteiger partial charge in [0.1, 0.15) is 0 Å². The molecule has 0 amide bonds. The van der Waals surface area contributed by atoms with Crippen LogP contribution in [0.25, 0.3) is 0 Å². The van der Waals surface area contributed by atoms with E-state index in [1.165, 1.54) is 38.5 Å². The fraction of sp³-hybridized carbons (Fsp3) is 0.769. The first-order valence-electron chi connectivity index (χ1n) is 11.8. The monoisotopic (exact) mass is 436 g/mol. The van der Waals surface area contributed by atoms with Crippen molar-refractivity contribution in [3.63, 3.8) is 0 Å². The highest BCUT2D eigenvalue weighted by Crippen LogP contribution is 2.59. The standard InChI is InChI=1S/C26H42O3.H2S/c1-17(7-5-8-18(2)27)22-12-13-23-21(9-6-14-26(22,23)4)11-10-20-15-24(28)19(3)25(29)16-20;/h10-11,17-18,22-25,27-29H,3,5-9,12-16H2,1-2,4H3;1H2/b21-11+;/t17-,18?,22-,23+,24-,25-,26-;/m1./s1. The molecule has 0 aromatic heterocycles. The molecule has 3 nitrogen and oxygen atoms in total. The fourth-order valence-electron chi connectivity index (χ4n) is 6.58. The normalized spacial score (nSPS) is 37.5. The molecule has 3 fully saturated rings. The second-order valence-corrected chi connectivity index (χ2v) is 10.4. The molecular weight excluding hydrogens is 392 g/mol. The first kappa shape index (κ1) is 25.7. The molecule has 3 N–H and O–H groups in total. The van der Waals surface area contributed by atoms with Crippen LogP contribution in [-0.2, 0) is 0 Å². The van der Waals surface area contributed by atoms with Crippen molar-refractivity contribution in [1.82, 2.24) is 0 Å². The van der Waals surface area contributed by atoms with Crippen LogP contribution < -0.4 is 0 Å². The van der Waals surface area contributed by atoms with Crippen LogP contribution >= 0.6 is 13.5 Å². The third kappa shape index (κ3) is 5.62. The molecule has 0 radical (unpaired) electrons. The van der Waals surface area contributed by atoms with Crippen molar-refractivity contribution in [2.75, 3.05) is 0 Å². The highest BCUT2D eigenvalue weighted by atomic mass is 32.1. The van der Waals surface area contributed by atoms with E-state index in [0.717, 1.165) is 30.3 Å². The van der Waals surface area contributed by atoms with Gasteiger partial charge < -0.3 is 15.3 Å². The van der Waals surface area contributed by atoms with Gasteiger partial charge in [-0.25, -0.2) is 0 Å². The fourth-order valence-corrected chi connectivity index (χ4v) is 6.58. The number of fused-ring (bicyclic) bond motifs is 1. The smallest absolute Gasteiger partial charge is 0.0809 e. The van der Waals surface area contributed by atoms with Crippen LogP contribution in [-0.4, -0.2) is 33.6 Å². The Hall–Kier alpha value is -0.550. The van der Waals surface area contributed by atoms with Gasteiger partial charge in [-0.2, -0.15) is 13.5 Å². The molecule has 3 saturated carbocycles. The topological polar surface area (TPSA) is 60.7 Å². The van der Waals surface area contributed by atoms with Crippen LogP contribution in [0.15, 0.2) is 35.5 Å². The first-order chi connectivity index (χ1) is 13.7. The van der Waals surface area contributed by atoms with Gasteiger partial charge in [0.25, 0.3) is 0 Å². The lowest BCUT2D eigenvalue weighted by Gasteiger charge is -2.44. The molecule has 0 aliphatic heterocycles. The molecule has 1 unspecified atom stereocenters. The molecule has 0 saturated heterocycles. The predicted molar refractivity (Wildman–Crippen MR) is 130 cm³/mol. The number of hydrogen-bond donors (Lipinski definition) is 3. The Morgan fingerprint density at radius 1 is 1.10 bits per heavy atom. The summed E-state index contributed by atoms with van der Waals surface area (Å²) >= 11 is 0. The number of rotatable bonds is 6. The molecular formula is C26H44O3S. The summed E-state index contributed by atoms with van der Waals surface area (Å²) in [4.78, 5) is 0. The zero-order valence-electron chi connectivity index (χ0n) is 19.2. The van der Waals surface area contributed by atoms with E-state index in [0.29, 0.717) is 29.7 Å². The van der Waals surface area contributed by atoms with Crippen molar-refractivity contribution in [1.29, 1.82) is 0 Å². The number of aliphatic hydroxyl groups excluding tert-OH is 3. The van der Waals surface area contributed by atoms with Crippen molar-refractivity contribution in [2.24, 2.45) is 23.2 Å². The third-order valence-electron chi connectivity index (χ3n) is 8.31. The zero-order chi connectivity index (χ0) is 21.2. The SMILES string of the molecule is C=C1[C@H](O)CC(=C/C=C2\CCC[C@]3(C)[C@@H]([C@H](C)CCCC(C)O)CC[C@@H]23)C[C@H]1O.S. The van der Waals surface area contributed by atoms with Gasteiger partial charge in [0.05, 0.1) is 18.3 Å². The number of hydrogen-bond acceptors (Lipinski definition) is 3. The van der Waals surface area contributed by atoms with Gasteiger partial charge >= 0.3 is 0 Å².